The summed E-state index contributed by atoms with van der Waals surface area (Å²) in [7, 11) is 0. The van der Waals surface area contributed by atoms with Crippen molar-refractivity contribution in [2.75, 3.05) is 17.7 Å². The van der Waals surface area contributed by atoms with Gasteiger partial charge in [0.1, 0.15) is 0 Å². The number of nitriles is 1. The van der Waals surface area contributed by atoms with Crippen molar-refractivity contribution < 1.29 is 9.53 Å². The fraction of sp³-hybridized carbons (Fsp3) is 0.300. The first-order valence-electron chi connectivity index (χ1n) is 9.24. The third-order valence-corrected chi connectivity index (χ3v) is 6.31. The van der Waals surface area contributed by atoms with Crippen LogP contribution in [-0.4, -0.2) is 39.1 Å². The number of nitrogens with one attached hydrogen (secondary N) is 1. The molecular weight excluding hydrogens is 406 g/mol. The van der Waals surface area contributed by atoms with E-state index in [4.69, 9.17) is 10.00 Å². The molecule has 0 bridgehead atoms. The van der Waals surface area contributed by atoms with E-state index in [0.717, 1.165) is 30.2 Å². The molecule has 1 fully saturated rings. The molecule has 4 rings (SSSR count). The number of carbonyl (C=O) groups excluding carboxylic acids is 1. The predicted molar refractivity (Wildman–Crippen MR) is 113 cm³/mol. The molecule has 0 aliphatic carbocycles. The fourth-order valence-corrected chi connectivity index (χ4v) is 4.60. The van der Waals surface area contributed by atoms with Crippen molar-refractivity contribution >= 4 is 34.7 Å². The molecule has 3 aromatic rings. The maximum absolute atomic E-state index is 12.4. The van der Waals surface area contributed by atoms with Gasteiger partial charge in [0, 0.05) is 12.3 Å². The average Bonchev–Trinajstić information content (AvgIpc) is 3.49. The van der Waals surface area contributed by atoms with Crippen molar-refractivity contribution in [1.82, 2.24) is 14.8 Å². The zero-order valence-electron chi connectivity index (χ0n) is 15.6. The number of amides is 1. The van der Waals surface area contributed by atoms with Gasteiger partial charge in [-0.25, -0.2) is 0 Å². The molecule has 1 aliphatic heterocycles. The second kappa shape index (κ2) is 9.22. The molecule has 1 atom stereocenters. The Kier molecular flexibility index (Phi) is 6.24. The molecule has 7 nitrogen and oxygen atoms in total. The number of rotatable bonds is 7. The molecule has 1 unspecified atom stereocenters. The number of benzene rings is 1. The molecule has 1 aliphatic rings. The summed E-state index contributed by atoms with van der Waals surface area (Å²) in [6.45, 7) is 1.46. The number of thioether (sulfide) groups is 1. The molecule has 3 heterocycles. The summed E-state index contributed by atoms with van der Waals surface area (Å²) in [6, 6.07) is 12.9. The van der Waals surface area contributed by atoms with E-state index in [2.05, 4.69) is 26.2 Å². The molecule has 29 heavy (non-hydrogen) atoms. The molecule has 0 radical (unpaired) electrons. The van der Waals surface area contributed by atoms with Crippen LogP contribution in [0.3, 0.4) is 0 Å². The van der Waals surface area contributed by atoms with Gasteiger partial charge in [-0.05, 0) is 42.5 Å². The molecule has 1 aromatic carbocycles. The van der Waals surface area contributed by atoms with Crippen LogP contribution in [0.15, 0.2) is 46.9 Å². The van der Waals surface area contributed by atoms with Crippen molar-refractivity contribution in [3.05, 3.63) is 47.3 Å². The molecule has 1 saturated heterocycles. The summed E-state index contributed by atoms with van der Waals surface area (Å²) in [4.78, 5) is 13.4. The SMILES string of the molecule is N#Cc1cccc(NC(=O)CSc2nnc(-c3cccs3)n2CC2CCCO2)c1. The number of hydrogen-bond acceptors (Lipinski definition) is 7. The van der Waals surface area contributed by atoms with Gasteiger partial charge < -0.3 is 10.1 Å². The first kappa shape index (κ1) is 19.6. The molecule has 148 valence electrons. The highest BCUT2D eigenvalue weighted by Gasteiger charge is 2.22. The summed E-state index contributed by atoms with van der Waals surface area (Å²) in [5, 5.41) is 23.2. The lowest BCUT2D eigenvalue weighted by Crippen LogP contribution is -2.18. The normalized spacial score (nSPS) is 15.9. The Labute approximate surface area is 176 Å². The summed E-state index contributed by atoms with van der Waals surface area (Å²) in [5.41, 5.74) is 1.11. The number of ether oxygens (including phenoxy) is 1. The number of hydrogen-bond donors (Lipinski definition) is 1. The number of carbonyl (C=O) groups is 1. The number of thiophene rings is 1. The highest BCUT2D eigenvalue weighted by molar-refractivity contribution is 7.99. The zero-order chi connectivity index (χ0) is 20.1. The molecule has 2 aromatic heterocycles. The minimum atomic E-state index is -0.158. The average molecular weight is 426 g/mol. The van der Waals surface area contributed by atoms with Crippen LogP contribution >= 0.6 is 23.1 Å². The molecule has 9 heteroatoms. The lowest BCUT2D eigenvalue weighted by atomic mass is 10.2. The summed E-state index contributed by atoms with van der Waals surface area (Å²) < 4.78 is 7.84. The van der Waals surface area contributed by atoms with Crippen LogP contribution in [-0.2, 0) is 16.1 Å². The third-order valence-electron chi connectivity index (χ3n) is 4.48. The standard InChI is InChI=1S/C20H19N5O2S2/c21-11-14-4-1-5-15(10-14)22-18(26)13-29-20-24-23-19(17-7-3-9-28-17)25(20)12-16-6-2-8-27-16/h1,3-5,7,9-10,16H,2,6,8,12-13H2,(H,22,26). The minimum Gasteiger partial charge on any atom is -0.376 e. The smallest absolute Gasteiger partial charge is 0.234 e. The van der Waals surface area contributed by atoms with Crippen LogP contribution in [0, 0.1) is 11.3 Å². The van der Waals surface area contributed by atoms with Crippen LogP contribution < -0.4 is 5.32 Å². The molecule has 1 N–H and O–H groups in total. The van der Waals surface area contributed by atoms with Crippen molar-refractivity contribution in [2.45, 2.75) is 30.6 Å². The van der Waals surface area contributed by atoms with Crippen LogP contribution in [0.4, 0.5) is 5.69 Å². The van der Waals surface area contributed by atoms with Gasteiger partial charge in [-0.15, -0.1) is 21.5 Å². The molecule has 1 amide bonds. The van der Waals surface area contributed by atoms with Crippen LogP contribution in [0.2, 0.25) is 0 Å². The van der Waals surface area contributed by atoms with Crippen LogP contribution in [0.5, 0.6) is 0 Å². The Morgan fingerprint density at radius 2 is 2.31 bits per heavy atom. The van der Waals surface area contributed by atoms with Gasteiger partial charge >= 0.3 is 0 Å². The summed E-state index contributed by atoms with van der Waals surface area (Å²) in [6.07, 6.45) is 2.22. The Morgan fingerprint density at radius 1 is 1.38 bits per heavy atom. The van der Waals surface area contributed by atoms with Gasteiger partial charge in [0.15, 0.2) is 11.0 Å². The van der Waals surface area contributed by atoms with Gasteiger partial charge in [-0.3, -0.25) is 9.36 Å². The Bertz CT molecular complexity index is 1020. The lowest BCUT2D eigenvalue weighted by molar-refractivity contribution is -0.113. The van der Waals surface area contributed by atoms with Gasteiger partial charge in [0.05, 0.1) is 34.9 Å². The van der Waals surface area contributed by atoms with E-state index < -0.39 is 0 Å². The van der Waals surface area contributed by atoms with E-state index in [-0.39, 0.29) is 17.8 Å². The highest BCUT2D eigenvalue weighted by atomic mass is 32.2. The van der Waals surface area contributed by atoms with Gasteiger partial charge in [0.2, 0.25) is 5.91 Å². The number of aromatic nitrogens is 3. The monoisotopic (exact) mass is 425 g/mol. The zero-order valence-corrected chi connectivity index (χ0v) is 17.2. The first-order valence-corrected chi connectivity index (χ1v) is 11.1. The number of nitrogens with zero attached hydrogens (tertiary/aromatic N) is 4. The lowest BCUT2D eigenvalue weighted by Gasteiger charge is -2.14. The van der Waals surface area contributed by atoms with E-state index in [1.54, 1.807) is 35.6 Å². The van der Waals surface area contributed by atoms with Crippen molar-refractivity contribution in [1.29, 1.82) is 5.26 Å². The first-order chi connectivity index (χ1) is 14.2. The van der Waals surface area contributed by atoms with Crippen LogP contribution in [0.1, 0.15) is 18.4 Å². The van der Waals surface area contributed by atoms with E-state index >= 15 is 0 Å². The van der Waals surface area contributed by atoms with E-state index in [9.17, 15) is 4.79 Å². The van der Waals surface area contributed by atoms with Crippen LogP contribution in [0.25, 0.3) is 10.7 Å². The molecule has 0 saturated carbocycles. The maximum Gasteiger partial charge on any atom is 0.234 e. The quantitative estimate of drug-likeness (QED) is 0.579. The van der Waals surface area contributed by atoms with Crippen molar-refractivity contribution in [2.24, 2.45) is 0 Å². The predicted octanol–water partition coefficient (Wildman–Crippen LogP) is 3.79. The minimum absolute atomic E-state index is 0.145. The fourth-order valence-electron chi connectivity index (χ4n) is 3.13. The second-order valence-electron chi connectivity index (χ2n) is 6.56. The van der Waals surface area contributed by atoms with Gasteiger partial charge in [-0.2, -0.15) is 5.26 Å². The third kappa shape index (κ3) is 4.85. The van der Waals surface area contributed by atoms with Crippen molar-refractivity contribution in [3.63, 3.8) is 0 Å². The largest absolute Gasteiger partial charge is 0.376 e. The Balaban J connectivity index is 1.46. The molecular formula is C20H19N5O2S2. The number of anilines is 1. The Hall–Kier alpha value is -2.67. The topological polar surface area (TPSA) is 92.8 Å². The van der Waals surface area contributed by atoms with E-state index in [1.165, 1.54) is 11.8 Å². The van der Waals surface area contributed by atoms with E-state index in [1.807, 2.05) is 17.5 Å². The Morgan fingerprint density at radius 3 is 3.07 bits per heavy atom. The highest BCUT2D eigenvalue weighted by Crippen LogP contribution is 2.29. The summed E-state index contributed by atoms with van der Waals surface area (Å²) >= 11 is 2.96. The maximum atomic E-state index is 12.4. The second-order valence-corrected chi connectivity index (χ2v) is 8.45. The van der Waals surface area contributed by atoms with Gasteiger partial charge in [-0.1, -0.05) is 23.9 Å². The molecule has 0 spiro atoms. The van der Waals surface area contributed by atoms with Gasteiger partial charge in [0.25, 0.3) is 0 Å². The summed E-state index contributed by atoms with van der Waals surface area (Å²) in [5.74, 6) is 0.847. The van der Waals surface area contributed by atoms with Crippen molar-refractivity contribution in [3.8, 4) is 16.8 Å². The van der Waals surface area contributed by atoms with E-state index in [0.29, 0.717) is 23.0 Å².